The zero-order chi connectivity index (χ0) is 13.8. The average molecular weight is 274 g/mol. The fourth-order valence-corrected chi connectivity index (χ4v) is 2.06. The first kappa shape index (κ1) is 13.5. The van der Waals surface area contributed by atoms with Crippen molar-refractivity contribution in [2.75, 3.05) is 11.9 Å². The van der Waals surface area contributed by atoms with Crippen molar-refractivity contribution in [2.45, 2.75) is 6.54 Å². The Labute approximate surface area is 117 Å². The van der Waals surface area contributed by atoms with Crippen LogP contribution in [-0.4, -0.2) is 12.0 Å². The van der Waals surface area contributed by atoms with Gasteiger partial charge in [-0.15, -0.1) is 0 Å². The lowest BCUT2D eigenvalue weighted by molar-refractivity contribution is 0.625. The monoisotopic (exact) mass is 274 g/mol. The molecule has 2 N–H and O–H groups in total. The summed E-state index contributed by atoms with van der Waals surface area (Å²) in [4.78, 5) is 2.05. The van der Waals surface area contributed by atoms with Crippen molar-refractivity contribution in [3.8, 4) is 0 Å². The molecule has 0 radical (unpaired) electrons. The number of rotatable bonds is 4. The highest BCUT2D eigenvalue weighted by atomic mass is 32.1. The Balaban J connectivity index is 2.18. The topological polar surface area (TPSA) is 29.3 Å². The molecule has 0 heterocycles. The summed E-state index contributed by atoms with van der Waals surface area (Å²) in [6, 6.07) is 14.9. The van der Waals surface area contributed by atoms with Gasteiger partial charge in [0.2, 0.25) is 0 Å². The predicted octanol–water partition coefficient (Wildman–Crippen LogP) is 3.10. The first-order chi connectivity index (χ1) is 9.08. The Morgan fingerprint density at radius 2 is 1.89 bits per heavy atom. The van der Waals surface area contributed by atoms with Gasteiger partial charge in [0.1, 0.15) is 10.8 Å². The van der Waals surface area contributed by atoms with E-state index in [2.05, 4.69) is 0 Å². The van der Waals surface area contributed by atoms with Crippen molar-refractivity contribution in [1.29, 1.82) is 0 Å². The number of hydrogen-bond acceptors (Lipinski definition) is 2. The van der Waals surface area contributed by atoms with Crippen LogP contribution in [0.1, 0.15) is 11.1 Å². The van der Waals surface area contributed by atoms with Crippen LogP contribution in [0, 0.1) is 5.82 Å². The van der Waals surface area contributed by atoms with Gasteiger partial charge in [0.25, 0.3) is 0 Å². The Morgan fingerprint density at radius 3 is 2.47 bits per heavy atom. The maximum absolute atomic E-state index is 13.8. The lowest BCUT2D eigenvalue weighted by Gasteiger charge is -2.20. The lowest BCUT2D eigenvalue weighted by Crippen LogP contribution is -2.17. The average Bonchev–Trinajstić information content (AvgIpc) is 2.39. The molecule has 0 bridgehead atoms. The Hall–Kier alpha value is -1.94. The van der Waals surface area contributed by atoms with Gasteiger partial charge in [0, 0.05) is 24.8 Å². The van der Waals surface area contributed by atoms with Crippen molar-refractivity contribution < 1.29 is 4.39 Å². The van der Waals surface area contributed by atoms with Crippen LogP contribution < -0.4 is 10.6 Å². The van der Waals surface area contributed by atoms with Crippen LogP contribution in [0.4, 0.5) is 10.1 Å². The second-order valence-electron chi connectivity index (χ2n) is 4.37. The van der Waals surface area contributed by atoms with Gasteiger partial charge >= 0.3 is 0 Å². The second kappa shape index (κ2) is 5.80. The minimum absolute atomic E-state index is 0.0785. The van der Waals surface area contributed by atoms with Crippen molar-refractivity contribution in [3.63, 3.8) is 0 Å². The van der Waals surface area contributed by atoms with Gasteiger partial charge in [-0.2, -0.15) is 0 Å². The molecule has 0 saturated heterocycles. The van der Waals surface area contributed by atoms with E-state index in [0.717, 1.165) is 5.69 Å². The summed E-state index contributed by atoms with van der Waals surface area (Å²) in [6.45, 7) is 0.715. The fraction of sp³-hybridized carbons (Fsp3) is 0.133. The van der Waals surface area contributed by atoms with Crippen LogP contribution in [0.3, 0.4) is 0 Å². The summed E-state index contributed by atoms with van der Waals surface area (Å²) in [6.07, 6.45) is 0. The largest absolute Gasteiger partial charge is 0.389 e. The number of benzene rings is 2. The van der Waals surface area contributed by atoms with E-state index in [4.69, 9.17) is 18.0 Å². The molecule has 0 spiro atoms. The highest BCUT2D eigenvalue weighted by Crippen LogP contribution is 2.19. The molecular weight excluding hydrogens is 259 g/mol. The highest BCUT2D eigenvalue weighted by Gasteiger charge is 2.08. The van der Waals surface area contributed by atoms with Crippen LogP contribution in [0.25, 0.3) is 0 Å². The molecule has 0 aliphatic rings. The van der Waals surface area contributed by atoms with Crippen molar-refractivity contribution in [3.05, 3.63) is 65.5 Å². The molecule has 2 rings (SSSR count). The summed E-state index contributed by atoms with van der Waals surface area (Å²) >= 11 is 4.79. The van der Waals surface area contributed by atoms with E-state index in [0.29, 0.717) is 6.54 Å². The quantitative estimate of drug-likeness (QED) is 0.869. The van der Waals surface area contributed by atoms with E-state index in [1.54, 1.807) is 6.07 Å². The zero-order valence-corrected chi connectivity index (χ0v) is 11.5. The molecule has 0 atom stereocenters. The van der Waals surface area contributed by atoms with Crippen molar-refractivity contribution in [1.82, 2.24) is 0 Å². The lowest BCUT2D eigenvalue weighted by atomic mass is 10.1. The predicted molar refractivity (Wildman–Crippen MR) is 80.8 cm³/mol. The third-order valence-electron chi connectivity index (χ3n) is 2.92. The van der Waals surface area contributed by atoms with Gasteiger partial charge in [-0.05, 0) is 23.8 Å². The minimum Gasteiger partial charge on any atom is -0.389 e. The molecule has 98 valence electrons. The standard InChI is InChI=1S/C15H15FN2S/c1-18(10-11-5-3-2-4-6-11)12-7-8-13(15(17)19)14(16)9-12/h2-9H,10H2,1H3,(H2,17,19). The van der Waals surface area contributed by atoms with Gasteiger partial charge in [-0.3, -0.25) is 0 Å². The van der Waals surface area contributed by atoms with Crippen LogP contribution in [0.15, 0.2) is 48.5 Å². The van der Waals surface area contributed by atoms with Crippen molar-refractivity contribution in [2.24, 2.45) is 5.73 Å². The highest BCUT2D eigenvalue weighted by molar-refractivity contribution is 7.80. The third kappa shape index (κ3) is 3.29. The molecule has 0 aliphatic carbocycles. The summed E-state index contributed by atoms with van der Waals surface area (Å²) in [5, 5.41) is 0. The van der Waals surface area contributed by atoms with Gasteiger partial charge < -0.3 is 10.6 Å². The molecule has 0 unspecified atom stereocenters. The van der Waals surface area contributed by atoms with E-state index >= 15 is 0 Å². The van der Waals surface area contributed by atoms with E-state index in [9.17, 15) is 4.39 Å². The number of halogens is 1. The molecule has 0 amide bonds. The molecule has 2 aromatic rings. The first-order valence-corrected chi connectivity index (χ1v) is 6.33. The van der Waals surface area contributed by atoms with Gasteiger partial charge in [-0.25, -0.2) is 4.39 Å². The van der Waals surface area contributed by atoms with E-state index in [1.807, 2.05) is 48.3 Å². The SMILES string of the molecule is CN(Cc1ccccc1)c1ccc(C(N)=S)c(F)c1. The summed E-state index contributed by atoms with van der Waals surface area (Å²) in [5.74, 6) is -0.384. The molecule has 2 nitrogen and oxygen atoms in total. The first-order valence-electron chi connectivity index (χ1n) is 5.92. The Bertz CT molecular complexity index is 584. The summed E-state index contributed by atoms with van der Waals surface area (Å²) < 4.78 is 13.8. The Kier molecular flexibility index (Phi) is 4.12. The number of thiocarbonyl (C=S) groups is 1. The van der Waals surface area contributed by atoms with Crippen LogP contribution in [-0.2, 0) is 6.54 Å². The fourth-order valence-electron chi connectivity index (χ4n) is 1.89. The molecular formula is C15H15FN2S. The summed E-state index contributed by atoms with van der Waals surface area (Å²) in [7, 11) is 1.92. The molecule has 4 heteroatoms. The third-order valence-corrected chi connectivity index (χ3v) is 3.14. The van der Waals surface area contributed by atoms with Gasteiger partial charge in [0.05, 0.1) is 0 Å². The number of anilines is 1. The van der Waals surface area contributed by atoms with Gasteiger partial charge in [0.15, 0.2) is 0 Å². The van der Waals surface area contributed by atoms with Crippen molar-refractivity contribution >= 4 is 22.9 Å². The maximum atomic E-state index is 13.8. The smallest absolute Gasteiger partial charge is 0.135 e. The van der Waals surface area contributed by atoms with Crippen LogP contribution in [0.5, 0.6) is 0 Å². The molecule has 0 aliphatic heterocycles. The molecule has 0 saturated carbocycles. The zero-order valence-electron chi connectivity index (χ0n) is 10.6. The minimum atomic E-state index is -0.384. The molecule has 2 aromatic carbocycles. The Morgan fingerprint density at radius 1 is 1.21 bits per heavy atom. The maximum Gasteiger partial charge on any atom is 0.135 e. The van der Waals surface area contributed by atoms with E-state index < -0.39 is 0 Å². The number of hydrogen-bond donors (Lipinski definition) is 1. The van der Waals surface area contributed by atoms with E-state index in [-0.39, 0.29) is 16.4 Å². The number of nitrogens with two attached hydrogens (primary N) is 1. The number of nitrogens with zero attached hydrogens (tertiary/aromatic N) is 1. The second-order valence-corrected chi connectivity index (χ2v) is 4.81. The van der Waals surface area contributed by atoms with Gasteiger partial charge in [-0.1, -0.05) is 42.5 Å². The van der Waals surface area contributed by atoms with E-state index in [1.165, 1.54) is 11.6 Å². The molecule has 0 fully saturated rings. The van der Waals surface area contributed by atoms with Crippen LogP contribution >= 0.6 is 12.2 Å². The normalized spacial score (nSPS) is 10.2. The summed E-state index contributed by atoms with van der Waals surface area (Å²) in [5.41, 5.74) is 7.69. The molecule has 19 heavy (non-hydrogen) atoms. The van der Waals surface area contributed by atoms with Crippen LogP contribution in [0.2, 0.25) is 0 Å². The molecule has 0 aromatic heterocycles.